The van der Waals surface area contributed by atoms with Crippen molar-refractivity contribution in [3.8, 4) is 6.07 Å². The number of halogens is 2. The van der Waals surface area contributed by atoms with Crippen molar-refractivity contribution in [1.29, 1.82) is 5.26 Å². The first kappa shape index (κ1) is 22.4. The van der Waals surface area contributed by atoms with Gasteiger partial charge in [-0.1, -0.05) is 36.5 Å². The van der Waals surface area contributed by atoms with E-state index in [1.807, 2.05) is 6.92 Å². The summed E-state index contributed by atoms with van der Waals surface area (Å²) >= 11 is 13.8. The molecule has 30 heavy (non-hydrogen) atoms. The van der Waals surface area contributed by atoms with Gasteiger partial charge in [0, 0.05) is 10.7 Å². The van der Waals surface area contributed by atoms with Crippen LogP contribution in [0.5, 0.6) is 0 Å². The standard InChI is InChI=1S/C22H21Cl2N3O2S/c1-3-4-10-30-22-15(12-25)20(18-6-5-9-29-18)19(13(2)26-22)21(28)27-17-8-7-14(23)11-16(17)24/h5-9,11,20,26H,3-4,10H2,1-2H3,(H,27,28)/t20-/m1/s1. The van der Waals surface area contributed by atoms with E-state index in [9.17, 15) is 10.1 Å². The zero-order valence-electron chi connectivity index (χ0n) is 16.6. The van der Waals surface area contributed by atoms with Gasteiger partial charge in [-0.3, -0.25) is 4.79 Å². The van der Waals surface area contributed by atoms with Gasteiger partial charge in [-0.15, -0.1) is 11.8 Å². The second-order valence-electron chi connectivity index (χ2n) is 6.75. The molecule has 1 aromatic carbocycles. The van der Waals surface area contributed by atoms with Crippen LogP contribution >= 0.6 is 35.0 Å². The average Bonchev–Trinajstić information content (AvgIpc) is 3.24. The smallest absolute Gasteiger partial charge is 0.254 e. The Morgan fingerprint density at radius 2 is 2.17 bits per heavy atom. The number of rotatable bonds is 7. The number of anilines is 1. The monoisotopic (exact) mass is 461 g/mol. The average molecular weight is 462 g/mol. The van der Waals surface area contributed by atoms with Crippen molar-refractivity contribution >= 4 is 46.6 Å². The van der Waals surface area contributed by atoms with E-state index < -0.39 is 5.92 Å². The molecule has 0 unspecified atom stereocenters. The first-order chi connectivity index (χ1) is 14.5. The Hall–Kier alpha value is -2.33. The summed E-state index contributed by atoms with van der Waals surface area (Å²) in [6, 6.07) is 10.7. The third kappa shape index (κ3) is 4.86. The molecule has 0 saturated carbocycles. The van der Waals surface area contributed by atoms with Crippen LogP contribution in [0.2, 0.25) is 10.0 Å². The Balaban J connectivity index is 1.98. The lowest BCUT2D eigenvalue weighted by atomic mass is 9.85. The molecule has 156 valence electrons. The summed E-state index contributed by atoms with van der Waals surface area (Å²) in [5.41, 5.74) is 1.98. The number of carbonyl (C=O) groups is 1. The molecular formula is C22H21Cl2N3O2S. The number of furan rings is 1. The second kappa shape index (κ2) is 10.1. The molecule has 1 amide bonds. The predicted molar refractivity (Wildman–Crippen MR) is 122 cm³/mol. The number of benzene rings is 1. The molecule has 2 aromatic rings. The fraction of sp³-hybridized carbons (Fsp3) is 0.273. The van der Waals surface area contributed by atoms with E-state index in [-0.39, 0.29) is 5.91 Å². The molecule has 1 aliphatic rings. The van der Waals surface area contributed by atoms with Gasteiger partial charge >= 0.3 is 0 Å². The van der Waals surface area contributed by atoms with Gasteiger partial charge in [-0.25, -0.2) is 0 Å². The minimum Gasteiger partial charge on any atom is -0.468 e. The molecular weight excluding hydrogens is 441 g/mol. The largest absolute Gasteiger partial charge is 0.468 e. The highest BCUT2D eigenvalue weighted by Gasteiger charge is 2.36. The lowest BCUT2D eigenvalue weighted by Gasteiger charge is -2.28. The maximum atomic E-state index is 13.3. The van der Waals surface area contributed by atoms with Gasteiger partial charge in [0.2, 0.25) is 0 Å². The van der Waals surface area contributed by atoms with Gasteiger partial charge in [0.15, 0.2) is 0 Å². The summed E-state index contributed by atoms with van der Waals surface area (Å²) in [5.74, 6) is 0.440. The van der Waals surface area contributed by atoms with E-state index in [1.54, 1.807) is 42.1 Å². The molecule has 0 radical (unpaired) electrons. The molecule has 2 heterocycles. The molecule has 5 nitrogen and oxygen atoms in total. The lowest BCUT2D eigenvalue weighted by Crippen LogP contribution is -2.30. The molecule has 2 N–H and O–H groups in total. The summed E-state index contributed by atoms with van der Waals surface area (Å²) in [7, 11) is 0. The van der Waals surface area contributed by atoms with Crippen LogP contribution in [0.25, 0.3) is 0 Å². The number of hydrogen-bond acceptors (Lipinski definition) is 5. The number of amides is 1. The van der Waals surface area contributed by atoms with Crippen molar-refractivity contribution in [1.82, 2.24) is 5.32 Å². The molecule has 0 bridgehead atoms. The van der Waals surface area contributed by atoms with Gasteiger partial charge in [-0.05, 0) is 49.4 Å². The van der Waals surface area contributed by atoms with E-state index >= 15 is 0 Å². The molecule has 0 spiro atoms. The van der Waals surface area contributed by atoms with Crippen LogP contribution < -0.4 is 10.6 Å². The molecule has 1 aromatic heterocycles. The Morgan fingerprint density at radius 1 is 1.37 bits per heavy atom. The first-order valence-corrected chi connectivity index (χ1v) is 11.2. The van der Waals surface area contributed by atoms with Crippen molar-refractivity contribution in [3.05, 3.63) is 74.3 Å². The van der Waals surface area contributed by atoms with Crippen LogP contribution in [0.3, 0.4) is 0 Å². The third-order valence-corrected chi connectivity index (χ3v) is 6.29. The number of nitriles is 1. The number of dihydropyridines is 1. The quantitative estimate of drug-likeness (QED) is 0.462. The Labute approximate surface area is 190 Å². The Bertz CT molecular complexity index is 1040. The number of nitrogens with zero attached hydrogens (tertiary/aromatic N) is 1. The van der Waals surface area contributed by atoms with Crippen LogP contribution in [-0.4, -0.2) is 11.7 Å². The highest BCUT2D eigenvalue weighted by molar-refractivity contribution is 8.03. The normalized spacial score (nSPS) is 16.3. The van der Waals surface area contributed by atoms with Gasteiger partial charge in [0.05, 0.1) is 45.1 Å². The molecule has 0 saturated heterocycles. The van der Waals surface area contributed by atoms with Gasteiger partial charge in [0.1, 0.15) is 5.76 Å². The summed E-state index contributed by atoms with van der Waals surface area (Å²) in [4.78, 5) is 13.3. The minimum absolute atomic E-state index is 0.333. The van der Waals surface area contributed by atoms with E-state index in [0.717, 1.165) is 23.6 Å². The fourth-order valence-electron chi connectivity index (χ4n) is 3.17. The van der Waals surface area contributed by atoms with E-state index in [1.165, 1.54) is 6.26 Å². The van der Waals surface area contributed by atoms with Gasteiger partial charge < -0.3 is 15.1 Å². The highest BCUT2D eigenvalue weighted by atomic mass is 35.5. The van der Waals surface area contributed by atoms with Crippen molar-refractivity contribution in [2.24, 2.45) is 0 Å². The summed E-state index contributed by atoms with van der Waals surface area (Å²) in [5, 5.41) is 17.6. The number of nitrogens with one attached hydrogen (secondary N) is 2. The van der Waals surface area contributed by atoms with Crippen molar-refractivity contribution in [3.63, 3.8) is 0 Å². The van der Waals surface area contributed by atoms with Crippen LogP contribution in [0, 0.1) is 11.3 Å². The molecule has 1 atom stereocenters. The minimum atomic E-state index is -0.610. The van der Waals surface area contributed by atoms with E-state index in [0.29, 0.717) is 38.3 Å². The van der Waals surface area contributed by atoms with Crippen molar-refractivity contribution < 1.29 is 9.21 Å². The van der Waals surface area contributed by atoms with Crippen LogP contribution in [-0.2, 0) is 4.79 Å². The second-order valence-corrected chi connectivity index (χ2v) is 8.70. The summed E-state index contributed by atoms with van der Waals surface area (Å²) in [6.07, 6.45) is 3.64. The van der Waals surface area contributed by atoms with Crippen molar-refractivity contribution in [2.45, 2.75) is 32.6 Å². The molecule has 0 aliphatic carbocycles. The number of carbonyl (C=O) groups excluding carboxylic acids is 1. The van der Waals surface area contributed by atoms with E-state index in [4.69, 9.17) is 27.6 Å². The fourth-order valence-corrected chi connectivity index (χ4v) is 4.80. The zero-order valence-corrected chi connectivity index (χ0v) is 18.9. The van der Waals surface area contributed by atoms with Crippen LogP contribution in [0.1, 0.15) is 38.4 Å². The maximum absolute atomic E-state index is 13.3. The number of thioether (sulfide) groups is 1. The van der Waals surface area contributed by atoms with Gasteiger partial charge in [-0.2, -0.15) is 5.26 Å². The lowest BCUT2D eigenvalue weighted by molar-refractivity contribution is -0.113. The molecule has 3 rings (SSSR count). The SMILES string of the molecule is CCCCSC1=C(C#N)[C@H](c2ccco2)C(C(=O)Nc2ccc(Cl)cc2Cl)=C(C)N1. The third-order valence-electron chi connectivity index (χ3n) is 4.64. The number of unbranched alkanes of at least 4 members (excludes halogenated alkanes) is 1. The highest BCUT2D eigenvalue weighted by Crippen LogP contribution is 2.41. The number of hydrogen-bond donors (Lipinski definition) is 2. The number of allylic oxidation sites excluding steroid dienone is 2. The molecule has 1 aliphatic heterocycles. The van der Waals surface area contributed by atoms with Crippen molar-refractivity contribution in [2.75, 3.05) is 11.1 Å². The van der Waals surface area contributed by atoms with Crippen LogP contribution in [0.15, 0.2) is 62.9 Å². The Morgan fingerprint density at radius 3 is 2.80 bits per heavy atom. The first-order valence-electron chi connectivity index (χ1n) is 9.50. The molecule has 0 fully saturated rings. The van der Waals surface area contributed by atoms with E-state index in [2.05, 4.69) is 23.6 Å². The zero-order chi connectivity index (χ0) is 21.7. The van der Waals surface area contributed by atoms with Crippen LogP contribution in [0.4, 0.5) is 5.69 Å². The summed E-state index contributed by atoms with van der Waals surface area (Å²) < 4.78 is 5.62. The van der Waals surface area contributed by atoms with Gasteiger partial charge in [0.25, 0.3) is 5.91 Å². The summed E-state index contributed by atoms with van der Waals surface area (Å²) in [6.45, 7) is 3.94. The Kier molecular flexibility index (Phi) is 7.54. The maximum Gasteiger partial charge on any atom is 0.254 e. The molecule has 8 heteroatoms. The predicted octanol–water partition coefficient (Wildman–Crippen LogP) is 6.45. The topological polar surface area (TPSA) is 78.1 Å².